The minimum Gasteiger partial charge on any atom is -0.459 e. The van der Waals surface area contributed by atoms with E-state index >= 15 is 0 Å². The molecule has 1 aromatic carbocycles. The molecular weight excluding hydrogens is 414 g/mol. The van der Waals surface area contributed by atoms with Crippen LogP contribution in [0.4, 0.5) is 4.79 Å². The van der Waals surface area contributed by atoms with Gasteiger partial charge in [-0.25, -0.2) is 9.78 Å². The van der Waals surface area contributed by atoms with E-state index in [0.29, 0.717) is 6.54 Å². The van der Waals surface area contributed by atoms with Crippen molar-refractivity contribution in [1.82, 2.24) is 14.5 Å². The molecule has 0 saturated heterocycles. The zero-order valence-electron chi connectivity index (χ0n) is 16.6. The standard InChI is InChI=1S/C19H26BrN3O4/c1-12-21-16-9-7-8-15(20)17(16)23(12)11-14(26-13(2)24)10-22(6)18(25)27-19(3,4)5/h7-9,14H,10-11H2,1-6H3. The second-order valence-electron chi connectivity index (χ2n) is 7.47. The number of carbonyl (C=O) groups is 2. The Kier molecular flexibility index (Phi) is 6.51. The van der Waals surface area contributed by atoms with Gasteiger partial charge in [-0.05, 0) is 55.8 Å². The van der Waals surface area contributed by atoms with Gasteiger partial charge < -0.3 is 18.9 Å². The molecule has 0 aliphatic heterocycles. The first-order chi connectivity index (χ1) is 12.5. The van der Waals surface area contributed by atoms with Crippen molar-refractivity contribution in [2.24, 2.45) is 0 Å². The summed E-state index contributed by atoms with van der Waals surface area (Å²) in [7, 11) is 1.62. The number of nitrogens with zero attached hydrogens (tertiary/aromatic N) is 3. The van der Waals surface area contributed by atoms with E-state index in [4.69, 9.17) is 9.47 Å². The first-order valence-electron chi connectivity index (χ1n) is 8.70. The Labute approximate surface area is 167 Å². The fourth-order valence-electron chi connectivity index (χ4n) is 2.77. The third kappa shape index (κ3) is 5.69. The van der Waals surface area contributed by atoms with E-state index in [1.165, 1.54) is 11.8 Å². The summed E-state index contributed by atoms with van der Waals surface area (Å²) in [6.07, 6.45) is -1.00. The van der Waals surface area contributed by atoms with Gasteiger partial charge in [0.1, 0.15) is 17.5 Å². The number of halogens is 1. The van der Waals surface area contributed by atoms with E-state index in [2.05, 4.69) is 20.9 Å². The van der Waals surface area contributed by atoms with Gasteiger partial charge in [0.15, 0.2) is 0 Å². The predicted octanol–water partition coefficient (Wildman–Crippen LogP) is 3.91. The molecule has 2 aromatic rings. The van der Waals surface area contributed by atoms with Gasteiger partial charge in [-0.2, -0.15) is 0 Å². The highest BCUT2D eigenvalue weighted by Crippen LogP contribution is 2.25. The summed E-state index contributed by atoms with van der Waals surface area (Å²) >= 11 is 3.56. The maximum Gasteiger partial charge on any atom is 0.410 e. The molecule has 0 aliphatic carbocycles. The maximum absolute atomic E-state index is 12.3. The monoisotopic (exact) mass is 439 g/mol. The largest absolute Gasteiger partial charge is 0.459 e. The van der Waals surface area contributed by atoms with Crippen LogP contribution >= 0.6 is 15.9 Å². The molecule has 0 radical (unpaired) electrons. The number of esters is 1. The van der Waals surface area contributed by atoms with Crippen LogP contribution in [0, 0.1) is 6.92 Å². The van der Waals surface area contributed by atoms with E-state index in [1.54, 1.807) is 27.8 Å². The van der Waals surface area contributed by atoms with Gasteiger partial charge >= 0.3 is 12.1 Å². The molecule has 1 heterocycles. The van der Waals surface area contributed by atoms with Crippen LogP contribution in [-0.4, -0.2) is 51.8 Å². The topological polar surface area (TPSA) is 73.7 Å². The van der Waals surface area contributed by atoms with Gasteiger partial charge in [-0.3, -0.25) is 4.79 Å². The van der Waals surface area contributed by atoms with Crippen molar-refractivity contribution in [1.29, 1.82) is 0 Å². The van der Waals surface area contributed by atoms with Gasteiger partial charge in [0.05, 0.1) is 24.1 Å². The highest BCUT2D eigenvalue weighted by molar-refractivity contribution is 9.10. The third-order valence-electron chi connectivity index (χ3n) is 3.81. The molecule has 0 saturated carbocycles. The van der Waals surface area contributed by atoms with Crippen LogP contribution in [0.1, 0.15) is 33.5 Å². The molecule has 1 unspecified atom stereocenters. The lowest BCUT2D eigenvalue weighted by Crippen LogP contribution is -2.41. The second kappa shape index (κ2) is 8.29. The quantitative estimate of drug-likeness (QED) is 0.660. The predicted molar refractivity (Wildman–Crippen MR) is 107 cm³/mol. The smallest absolute Gasteiger partial charge is 0.410 e. The number of para-hydroxylation sites is 1. The number of benzene rings is 1. The molecule has 2 rings (SSSR count). The lowest BCUT2D eigenvalue weighted by Gasteiger charge is -2.28. The average Bonchev–Trinajstić information content (AvgIpc) is 2.82. The summed E-state index contributed by atoms with van der Waals surface area (Å²) in [4.78, 5) is 29.8. The van der Waals surface area contributed by atoms with E-state index in [9.17, 15) is 9.59 Å². The summed E-state index contributed by atoms with van der Waals surface area (Å²) < 4.78 is 13.7. The number of amides is 1. The Morgan fingerprint density at radius 2 is 2.00 bits per heavy atom. The van der Waals surface area contributed by atoms with E-state index in [0.717, 1.165) is 21.3 Å². The van der Waals surface area contributed by atoms with Crippen molar-refractivity contribution in [2.45, 2.75) is 52.9 Å². The zero-order chi connectivity index (χ0) is 20.4. The minimum absolute atomic E-state index is 0.206. The Bertz CT molecular complexity index is 841. The van der Waals surface area contributed by atoms with Crippen LogP contribution in [-0.2, 0) is 20.8 Å². The molecule has 0 spiro atoms. The summed E-state index contributed by atoms with van der Waals surface area (Å²) in [6.45, 7) is 9.25. The highest BCUT2D eigenvalue weighted by Gasteiger charge is 2.25. The van der Waals surface area contributed by atoms with Crippen LogP contribution < -0.4 is 0 Å². The normalized spacial score (nSPS) is 12.7. The van der Waals surface area contributed by atoms with Crippen LogP contribution in [0.3, 0.4) is 0 Å². The van der Waals surface area contributed by atoms with Crippen molar-refractivity contribution >= 4 is 39.0 Å². The number of ether oxygens (including phenoxy) is 2. The van der Waals surface area contributed by atoms with Crippen LogP contribution in [0.2, 0.25) is 0 Å². The first-order valence-corrected chi connectivity index (χ1v) is 9.50. The number of aryl methyl sites for hydroxylation is 1. The summed E-state index contributed by atoms with van der Waals surface area (Å²) in [5.41, 5.74) is 1.18. The van der Waals surface area contributed by atoms with Gasteiger partial charge in [-0.15, -0.1) is 0 Å². The number of fused-ring (bicyclic) bond motifs is 1. The number of hydrogen-bond acceptors (Lipinski definition) is 5. The van der Waals surface area contributed by atoms with Crippen molar-refractivity contribution < 1.29 is 19.1 Å². The van der Waals surface area contributed by atoms with Gasteiger partial charge in [0.25, 0.3) is 0 Å². The van der Waals surface area contributed by atoms with Crippen molar-refractivity contribution in [3.8, 4) is 0 Å². The molecule has 1 aromatic heterocycles. The molecule has 27 heavy (non-hydrogen) atoms. The van der Waals surface area contributed by atoms with Crippen molar-refractivity contribution in [2.75, 3.05) is 13.6 Å². The van der Waals surface area contributed by atoms with E-state index in [1.807, 2.05) is 29.7 Å². The Morgan fingerprint density at radius 1 is 1.33 bits per heavy atom. The molecule has 1 atom stereocenters. The number of imidazole rings is 1. The van der Waals surface area contributed by atoms with Crippen LogP contribution in [0.25, 0.3) is 11.0 Å². The number of carbonyl (C=O) groups excluding carboxylic acids is 2. The second-order valence-corrected chi connectivity index (χ2v) is 8.32. The molecule has 7 nitrogen and oxygen atoms in total. The van der Waals surface area contributed by atoms with Crippen molar-refractivity contribution in [3.63, 3.8) is 0 Å². The minimum atomic E-state index is -0.593. The Morgan fingerprint density at radius 3 is 2.59 bits per heavy atom. The van der Waals surface area contributed by atoms with Crippen LogP contribution in [0.15, 0.2) is 22.7 Å². The number of rotatable bonds is 5. The fraction of sp³-hybridized carbons (Fsp3) is 0.526. The van der Waals surface area contributed by atoms with Crippen LogP contribution in [0.5, 0.6) is 0 Å². The van der Waals surface area contributed by atoms with Gasteiger partial charge in [-0.1, -0.05) is 6.07 Å². The molecule has 0 fully saturated rings. The van der Waals surface area contributed by atoms with Gasteiger partial charge in [0, 0.05) is 18.4 Å². The maximum atomic E-state index is 12.3. The number of hydrogen-bond donors (Lipinski definition) is 0. The van der Waals surface area contributed by atoms with E-state index in [-0.39, 0.29) is 6.54 Å². The summed E-state index contributed by atoms with van der Waals surface area (Å²) in [6, 6.07) is 5.79. The molecule has 0 bridgehead atoms. The molecular formula is C19H26BrN3O4. The fourth-order valence-corrected chi connectivity index (χ4v) is 3.34. The van der Waals surface area contributed by atoms with Gasteiger partial charge in [0.2, 0.25) is 0 Å². The number of aromatic nitrogens is 2. The molecule has 8 heteroatoms. The molecule has 1 amide bonds. The SMILES string of the molecule is CC(=O)OC(CN(C)C(=O)OC(C)(C)C)Cn1c(C)nc2cccc(Br)c21. The molecule has 0 aliphatic rings. The van der Waals surface area contributed by atoms with E-state index < -0.39 is 23.8 Å². The lowest BCUT2D eigenvalue weighted by molar-refractivity contribution is -0.147. The molecule has 0 N–H and O–H groups in total. The summed E-state index contributed by atoms with van der Waals surface area (Å²) in [5.74, 6) is 0.396. The highest BCUT2D eigenvalue weighted by atomic mass is 79.9. The average molecular weight is 440 g/mol. The third-order valence-corrected chi connectivity index (χ3v) is 4.45. The first kappa shape index (κ1) is 21.2. The lowest BCUT2D eigenvalue weighted by atomic mass is 10.2. The van der Waals surface area contributed by atoms with Crippen molar-refractivity contribution in [3.05, 3.63) is 28.5 Å². The zero-order valence-corrected chi connectivity index (χ0v) is 18.2. The Balaban J connectivity index is 2.24. The Hall–Kier alpha value is -2.09. The number of likely N-dealkylation sites (N-methyl/N-ethyl adjacent to an activating group) is 1. The molecule has 148 valence electrons. The summed E-state index contributed by atoms with van der Waals surface area (Å²) in [5, 5.41) is 0.